The molecular weight excluding hydrogens is 318 g/mol. The molecule has 0 unspecified atom stereocenters. The van der Waals surface area contributed by atoms with Gasteiger partial charge in [-0.2, -0.15) is 0 Å². The number of methoxy groups -OCH3 is 1. The fourth-order valence-electron chi connectivity index (χ4n) is 2.48. The second kappa shape index (κ2) is 7.79. The molecule has 1 aliphatic heterocycles. The van der Waals surface area contributed by atoms with Crippen LogP contribution in [0.1, 0.15) is 18.9 Å². The van der Waals surface area contributed by atoms with Gasteiger partial charge in [-0.1, -0.05) is 12.1 Å². The molecule has 128 valence electrons. The smallest absolute Gasteiger partial charge is 0.248 e. The molecule has 1 N–H and O–H groups in total. The van der Waals surface area contributed by atoms with Crippen LogP contribution in [0.2, 0.25) is 0 Å². The van der Waals surface area contributed by atoms with Gasteiger partial charge in [-0.15, -0.1) is 0 Å². The number of hydrogen-bond donors (Lipinski definition) is 1. The number of hydrogen-bond acceptors (Lipinski definition) is 5. The van der Waals surface area contributed by atoms with E-state index >= 15 is 0 Å². The van der Waals surface area contributed by atoms with Crippen molar-refractivity contribution in [3.8, 4) is 5.75 Å². The summed E-state index contributed by atoms with van der Waals surface area (Å²) >= 11 is 0. The zero-order valence-electron chi connectivity index (χ0n) is 13.4. The van der Waals surface area contributed by atoms with E-state index in [1.54, 1.807) is 14.0 Å². The van der Waals surface area contributed by atoms with E-state index in [-0.39, 0.29) is 23.3 Å². The SMILES string of the molecule is COc1cccc(CO[C@@H](C)C(=O)NC[C@H]2CCS(=O)(=O)C2)c1. The molecule has 7 heteroatoms. The minimum absolute atomic E-state index is 0.00883. The number of sulfone groups is 1. The van der Waals surface area contributed by atoms with Crippen molar-refractivity contribution >= 4 is 15.7 Å². The first-order chi connectivity index (χ1) is 10.9. The number of amides is 1. The number of rotatable bonds is 7. The number of nitrogens with one attached hydrogen (secondary N) is 1. The highest BCUT2D eigenvalue weighted by atomic mass is 32.2. The van der Waals surface area contributed by atoms with Gasteiger partial charge in [-0.3, -0.25) is 4.79 Å². The Bertz CT molecular complexity index is 644. The van der Waals surface area contributed by atoms with Gasteiger partial charge in [0.1, 0.15) is 11.9 Å². The van der Waals surface area contributed by atoms with E-state index in [2.05, 4.69) is 5.32 Å². The van der Waals surface area contributed by atoms with Crippen LogP contribution in [-0.4, -0.2) is 45.6 Å². The van der Waals surface area contributed by atoms with Gasteiger partial charge in [0, 0.05) is 6.54 Å². The van der Waals surface area contributed by atoms with Crippen LogP contribution in [0.5, 0.6) is 5.75 Å². The zero-order chi connectivity index (χ0) is 16.9. The van der Waals surface area contributed by atoms with Crippen LogP contribution in [0.3, 0.4) is 0 Å². The molecule has 1 saturated heterocycles. The lowest BCUT2D eigenvalue weighted by Gasteiger charge is -2.15. The molecule has 0 saturated carbocycles. The van der Waals surface area contributed by atoms with Gasteiger partial charge in [-0.05, 0) is 37.0 Å². The van der Waals surface area contributed by atoms with Crippen LogP contribution in [0, 0.1) is 5.92 Å². The molecule has 1 amide bonds. The van der Waals surface area contributed by atoms with Crippen LogP contribution < -0.4 is 10.1 Å². The van der Waals surface area contributed by atoms with E-state index < -0.39 is 15.9 Å². The lowest BCUT2D eigenvalue weighted by Crippen LogP contribution is -2.37. The van der Waals surface area contributed by atoms with E-state index in [1.165, 1.54) is 0 Å². The predicted octanol–water partition coefficient (Wildman–Crippen LogP) is 1.15. The van der Waals surface area contributed by atoms with Gasteiger partial charge in [0.2, 0.25) is 5.91 Å². The lowest BCUT2D eigenvalue weighted by atomic mass is 10.1. The van der Waals surface area contributed by atoms with Crippen LogP contribution in [0.15, 0.2) is 24.3 Å². The third-order valence-corrected chi connectivity index (χ3v) is 5.73. The molecule has 0 radical (unpaired) electrons. The normalized spacial score (nSPS) is 20.9. The van der Waals surface area contributed by atoms with Crippen LogP contribution >= 0.6 is 0 Å². The first kappa shape index (κ1) is 17.7. The van der Waals surface area contributed by atoms with Crippen molar-refractivity contribution in [3.63, 3.8) is 0 Å². The van der Waals surface area contributed by atoms with Gasteiger partial charge >= 0.3 is 0 Å². The molecular formula is C16H23NO5S. The molecule has 0 aromatic heterocycles. The molecule has 1 aromatic rings. The van der Waals surface area contributed by atoms with Gasteiger partial charge in [0.05, 0.1) is 25.2 Å². The molecule has 1 heterocycles. The predicted molar refractivity (Wildman–Crippen MR) is 87.0 cm³/mol. The van der Waals surface area contributed by atoms with Crippen molar-refractivity contribution in [2.24, 2.45) is 5.92 Å². The summed E-state index contributed by atoms with van der Waals surface area (Å²) < 4.78 is 33.5. The molecule has 0 spiro atoms. The van der Waals surface area contributed by atoms with Crippen LogP contribution in [0.4, 0.5) is 0 Å². The second-order valence-electron chi connectivity index (χ2n) is 5.82. The highest BCUT2D eigenvalue weighted by Crippen LogP contribution is 2.17. The fraction of sp³-hybridized carbons (Fsp3) is 0.562. The largest absolute Gasteiger partial charge is 0.497 e. The third-order valence-electron chi connectivity index (χ3n) is 3.90. The summed E-state index contributed by atoms with van der Waals surface area (Å²) in [6.45, 7) is 2.37. The summed E-state index contributed by atoms with van der Waals surface area (Å²) in [6.07, 6.45) is 0.0148. The Morgan fingerprint density at radius 2 is 2.22 bits per heavy atom. The minimum Gasteiger partial charge on any atom is -0.497 e. The molecule has 1 aromatic carbocycles. The van der Waals surface area contributed by atoms with Gasteiger partial charge in [-0.25, -0.2) is 8.42 Å². The van der Waals surface area contributed by atoms with Crippen molar-refractivity contribution in [2.75, 3.05) is 25.2 Å². The molecule has 1 fully saturated rings. The summed E-state index contributed by atoms with van der Waals surface area (Å²) in [4.78, 5) is 12.0. The second-order valence-corrected chi connectivity index (χ2v) is 8.05. The Labute approximate surface area is 137 Å². The number of carbonyl (C=O) groups is 1. The maximum atomic E-state index is 12.0. The van der Waals surface area contributed by atoms with Crippen LogP contribution in [-0.2, 0) is 26.0 Å². The average Bonchev–Trinajstić information content (AvgIpc) is 2.89. The van der Waals surface area contributed by atoms with Crippen molar-refractivity contribution in [1.82, 2.24) is 5.32 Å². The monoisotopic (exact) mass is 341 g/mol. The molecule has 23 heavy (non-hydrogen) atoms. The first-order valence-electron chi connectivity index (χ1n) is 7.62. The molecule has 2 rings (SSSR count). The Morgan fingerprint density at radius 1 is 1.43 bits per heavy atom. The number of carbonyl (C=O) groups excluding carboxylic acids is 1. The van der Waals surface area contributed by atoms with E-state index in [4.69, 9.17) is 9.47 Å². The Balaban J connectivity index is 1.74. The Morgan fingerprint density at radius 3 is 2.87 bits per heavy atom. The van der Waals surface area contributed by atoms with Crippen molar-refractivity contribution < 1.29 is 22.7 Å². The fourth-order valence-corrected chi connectivity index (χ4v) is 4.34. The van der Waals surface area contributed by atoms with Crippen molar-refractivity contribution in [2.45, 2.75) is 26.1 Å². The standard InChI is InChI=1S/C16H23NO5S/c1-12(22-10-13-4-3-5-15(8-13)21-2)16(18)17-9-14-6-7-23(19,20)11-14/h3-5,8,12,14H,6-7,9-11H2,1-2H3,(H,17,18)/t12-,14+/m0/s1. The summed E-state index contributed by atoms with van der Waals surface area (Å²) in [6, 6.07) is 7.46. The minimum atomic E-state index is -2.91. The highest BCUT2D eigenvalue weighted by molar-refractivity contribution is 7.91. The van der Waals surface area contributed by atoms with E-state index in [0.717, 1.165) is 11.3 Å². The Kier molecular flexibility index (Phi) is 6.01. The summed E-state index contributed by atoms with van der Waals surface area (Å²) in [5.41, 5.74) is 0.922. The topological polar surface area (TPSA) is 81.7 Å². The molecule has 0 bridgehead atoms. The summed E-state index contributed by atoms with van der Waals surface area (Å²) in [5, 5.41) is 2.77. The summed E-state index contributed by atoms with van der Waals surface area (Å²) in [5.74, 6) is 0.902. The molecule has 2 atom stereocenters. The van der Waals surface area contributed by atoms with E-state index in [1.807, 2.05) is 24.3 Å². The quantitative estimate of drug-likeness (QED) is 0.804. The average molecular weight is 341 g/mol. The zero-order valence-corrected chi connectivity index (χ0v) is 14.3. The molecule has 0 aliphatic carbocycles. The number of ether oxygens (including phenoxy) is 2. The molecule has 6 nitrogen and oxygen atoms in total. The maximum absolute atomic E-state index is 12.0. The highest BCUT2D eigenvalue weighted by Gasteiger charge is 2.28. The van der Waals surface area contributed by atoms with E-state index in [9.17, 15) is 13.2 Å². The molecule has 1 aliphatic rings. The third kappa shape index (κ3) is 5.51. The summed E-state index contributed by atoms with van der Waals surface area (Å²) in [7, 11) is -1.31. The van der Waals surface area contributed by atoms with E-state index in [0.29, 0.717) is 19.6 Å². The first-order valence-corrected chi connectivity index (χ1v) is 9.44. The number of benzene rings is 1. The van der Waals surface area contributed by atoms with Gasteiger partial charge in [0.25, 0.3) is 0 Å². The lowest BCUT2D eigenvalue weighted by molar-refractivity contribution is -0.132. The maximum Gasteiger partial charge on any atom is 0.248 e. The van der Waals surface area contributed by atoms with Crippen molar-refractivity contribution in [1.29, 1.82) is 0 Å². The van der Waals surface area contributed by atoms with Crippen molar-refractivity contribution in [3.05, 3.63) is 29.8 Å². The Hall–Kier alpha value is -1.60. The van der Waals surface area contributed by atoms with Crippen LogP contribution in [0.25, 0.3) is 0 Å². The van der Waals surface area contributed by atoms with Gasteiger partial charge in [0.15, 0.2) is 9.84 Å². The van der Waals surface area contributed by atoms with Gasteiger partial charge < -0.3 is 14.8 Å².